The first kappa shape index (κ1) is 8.05. The SMILES string of the molecule is CC(C)N(C)c1ccccn1. The van der Waals surface area contributed by atoms with Crippen LogP contribution in [0.15, 0.2) is 24.4 Å². The maximum absolute atomic E-state index is 4.23. The van der Waals surface area contributed by atoms with Gasteiger partial charge in [-0.25, -0.2) is 4.98 Å². The summed E-state index contributed by atoms with van der Waals surface area (Å²) < 4.78 is 0. The zero-order valence-corrected chi connectivity index (χ0v) is 7.28. The molecule has 0 amide bonds. The van der Waals surface area contributed by atoms with Crippen LogP contribution in [0.2, 0.25) is 0 Å². The second kappa shape index (κ2) is 3.37. The van der Waals surface area contributed by atoms with Crippen molar-refractivity contribution in [1.82, 2.24) is 4.98 Å². The molecular formula is C9H14N2. The summed E-state index contributed by atoms with van der Waals surface area (Å²) in [7, 11) is 2.05. The summed E-state index contributed by atoms with van der Waals surface area (Å²) in [6, 6.07) is 6.45. The van der Waals surface area contributed by atoms with Gasteiger partial charge in [-0.2, -0.15) is 0 Å². The van der Waals surface area contributed by atoms with Crippen molar-refractivity contribution in [2.24, 2.45) is 0 Å². The van der Waals surface area contributed by atoms with Crippen LogP contribution in [0.25, 0.3) is 0 Å². The second-order valence-corrected chi connectivity index (χ2v) is 2.89. The predicted molar refractivity (Wildman–Crippen MR) is 47.8 cm³/mol. The van der Waals surface area contributed by atoms with E-state index < -0.39 is 0 Å². The van der Waals surface area contributed by atoms with Crippen molar-refractivity contribution < 1.29 is 0 Å². The van der Waals surface area contributed by atoms with Gasteiger partial charge in [0.1, 0.15) is 5.82 Å². The van der Waals surface area contributed by atoms with Gasteiger partial charge in [-0.3, -0.25) is 0 Å². The fourth-order valence-corrected chi connectivity index (χ4v) is 0.827. The summed E-state index contributed by atoms with van der Waals surface area (Å²) in [5.41, 5.74) is 0. The van der Waals surface area contributed by atoms with Gasteiger partial charge in [0.2, 0.25) is 0 Å². The van der Waals surface area contributed by atoms with Crippen LogP contribution in [-0.4, -0.2) is 18.1 Å². The van der Waals surface area contributed by atoms with Gasteiger partial charge in [0, 0.05) is 19.3 Å². The Labute approximate surface area is 67.9 Å². The summed E-state index contributed by atoms with van der Waals surface area (Å²) >= 11 is 0. The molecule has 0 aliphatic carbocycles. The molecule has 2 heteroatoms. The van der Waals surface area contributed by atoms with E-state index in [-0.39, 0.29) is 0 Å². The van der Waals surface area contributed by atoms with Crippen molar-refractivity contribution in [3.8, 4) is 0 Å². The molecule has 11 heavy (non-hydrogen) atoms. The Bertz CT molecular complexity index is 206. The zero-order valence-electron chi connectivity index (χ0n) is 7.28. The van der Waals surface area contributed by atoms with Gasteiger partial charge in [-0.1, -0.05) is 6.07 Å². The molecular weight excluding hydrogens is 136 g/mol. The Kier molecular flexibility index (Phi) is 2.47. The lowest BCUT2D eigenvalue weighted by Gasteiger charge is -2.21. The van der Waals surface area contributed by atoms with Gasteiger partial charge in [0.15, 0.2) is 0 Å². The molecule has 0 saturated carbocycles. The number of nitrogens with zero attached hydrogens (tertiary/aromatic N) is 2. The van der Waals surface area contributed by atoms with E-state index in [2.05, 4.69) is 23.7 Å². The first-order valence-corrected chi connectivity index (χ1v) is 3.85. The number of aromatic nitrogens is 1. The molecule has 2 nitrogen and oxygen atoms in total. The highest BCUT2D eigenvalue weighted by Crippen LogP contribution is 2.09. The average molecular weight is 150 g/mol. The average Bonchev–Trinajstić information content (AvgIpc) is 2.05. The summed E-state index contributed by atoms with van der Waals surface area (Å²) in [5.74, 6) is 1.03. The minimum Gasteiger partial charge on any atom is -0.357 e. The standard InChI is InChI=1S/C9H14N2/c1-8(2)11(3)9-6-4-5-7-10-9/h4-8H,1-3H3. The van der Waals surface area contributed by atoms with Crippen LogP contribution in [0.4, 0.5) is 5.82 Å². The molecule has 0 saturated heterocycles. The Hall–Kier alpha value is -1.05. The molecule has 1 rings (SSSR count). The lowest BCUT2D eigenvalue weighted by molar-refractivity contribution is 0.743. The normalized spacial score (nSPS) is 10.2. The third-order valence-corrected chi connectivity index (χ3v) is 1.79. The van der Waals surface area contributed by atoms with Gasteiger partial charge >= 0.3 is 0 Å². The van der Waals surface area contributed by atoms with Crippen molar-refractivity contribution in [3.63, 3.8) is 0 Å². The molecule has 0 aliphatic rings. The lowest BCUT2D eigenvalue weighted by atomic mass is 10.3. The molecule has 60 valence electrons. The maximum Gasteiger partial charge on any atom is 0.128 e. The highest BCUT2D eigenvalue weighted by Gasteiger charge is 2.03. The third-order valence-electron chi connectivity index (χ3n) is 1.79. The Morgan fingerprint density at radius 3 is 2.55 bits per heavy atom. The van der Waals surface area contributed by atoms with Crippen molar-refractivity contribution in [1.29, 1.82) is 0 Å². The van der Waals surface area contributed by atoms with E-state index in [0.29, 0.717) is 6.04 Å². The molecule has 0 aromatic carbocycles. The van der Waals surface area contributed by atoms with Crippen LogP contribution in [-0.2, 0) is 0 Å². The maximum atomic E-state index is 4.23. The largest absolute Gasteiger partial charge is 0.357 e. The summed E-state index contributed by atoms with van der Waals surface area (Å²) in [6.07, 6.45) is 1.81. The number of rotatable bonds is 2. The van der Waals surface area contributed by atoms with E-state index in [9.17, 15) is 0 Å². The van der Waals surface area contributed by atoms with Gasteiger partial charge < -0.3 is 4.90 Å². The van der Waals surface area contributed by atoms with Gasteiger partial charge in [-0.05, 0) is 26.0 Å². The Morgan fingerprint density at radius 1 is 1.36 bits per heavy atom. The fourth-order valence-electron chi connectivity index (χ4n) is 0.827. The zero-order chi connectivity index (χ0) is 8.27. The quantitative estimate of drug-likeness (QED) is 0.640. The second-order valence-electron chi connectivity index (χ2n) is 2.89. The Balaban J connectivity index is 2.77. The highest BCUT2D eigenvalue weighted by molar-refractivity contribution is 5.37. The highest BCUT2D eigenvalue weighted by atomic mass is 15.2. The van der Waals surface area contributed by atoms with Gasteiger partial charge in [-0.15, -0.1) is 0 Å². The number of hydrogen-bond acceptors (Lipinski definition) is 2. The lowest BCUT2D eigenvalue weighted by Crippen LogP contribution is -2.26. The monoisotopic (exact) mass is 150 g/mol. The van der Waals surface area contributed by atoms with E-state index in [1.165, 1.54) is 0 Å². The number of hydrogen-bond donors (Lipinski definition) is 0. The van der Waals surface area contributed by atoms with Crippen molar-refractivity contribution in [2.45, 2.75) is 19.9 Å². The van der Waals surface area contributed by atoms with Crippen LogP contribution >= 0.6 is 0 Å². The van der Waals surface area contributed by atoms with Crippen LogP contribution < -0.4 is 4.90 Å². The summed E-state index contributed by atoms with van der Waals surface area (Å²) in [4.78, 5) is 6.36. The molecule has 1 heterocycles. The van der Waals surface area contributed by atoms with E-state index in [4.69, 9.17) is 0 Å². The van der Waals surface area contributed by atoms with Crippen LogP contribution in [0, 0.1) is 0 Å². The molecule has 0 N–H and O–H groups in total. The van der Waals surface area contributed by atoms with Crippen molar-refractivity contribution in [3.05, 3.63) is 24.4 Å². The summed E-state index contributed by atoms with van der Waals surface area (Å²) in [5, 5.41) is 0. The third kappa shape index (κ3) is 1.93. The molecule has 0 atom stereocenters. The molecule has 0 aliphatic heterocycles. The van der Waals surface area contributed by atoms with E-state index in [0.717, 1.165) is 5.82 Å². The molecule has 0 spiro atoms. The van der Waals surface area contributed by atoms with Crippen LogP contribution in [0.3, 0.4) is 0 Å². The first-order chi connectivity index (χ1) is 5.22. The van der Waals surface area contributed by atoms with Gasteiger partial charge in [0.05, 0.1) is 0 Å². The fraction of sp³-hybridized carbons (Fsp3) is 0.444. The topological polar surface area (TPSA) is 16.1 Å². The molecule has 0 unspecified atom stereocenters. The molecule has 0 bridgehead atoms. The molecule has 1 aromatic rings. The first-order valence-electron chi connectivity index (χ1n) is 3.85. The smallest absolute Gasteiger partial charge is 0.128 e. The number of pyridine rings is 1. The molecule has 0 radical (unpaired) electrons. The van der Waals surface area contributed by atoms with E-state index >= 15 is 0 Å². The Morgan fingerprint density at radius 2 is 2.09 bits per heavy atom. The molecule has 0 fully saturated rings. The minimum absolute atomic E-state index is 0.505. The van der Waals surface area contributed by atoms with Crippen LogP contribution in [0.5, 0.6) is 0 Å². The van der Waals surface area contributed by atoms with Gasteiger partial charge in [0.25, 0.3) is 0 Å². The predicted octanol–water partition coefficient (Wildman–Crippen LogP) is 1.93. The van der Waals surface area contributed by atoms with Crippen LogP contribution in [0.1, 0.15) is 13.8 Å². The van der Waals surface area contributed by atoms with E-state index in [1.54, 1.807) is 0 Å². The number of anilines is 1. The summed E-state index contributed by atoms with van der Waals surface area (Å²) in [6.45, 7) is 4.30. The molecule has 1 aromatic heterocycles. The minimum atomic E-state index is 0.505. The van der Waals surface area contributed by atoms with Crippen molar-refractivity contribution >= 4 is 5.82 Å². The van der Waals surface area contributed by atoms with E-state index in [1.807, 2.05) is 31.4 Å². The van der Waals surface area contributed by atoms with Crippen molar-refractivity contribution in [2.75, 3.05) is 11.9 Å².